The van der Waals surface area contributed by atoms with Crippen molar-refractivity contribution in [1.82, 2.24) is 14.8 Å². The third-order valence-corrected chi connectivity index (χ3v) is 3.42. The molecule has 2 N–H and O–H groups in total. The standard InChI is InChI=1S/C12H9F5N4/c13-7-6(8(14)10(16)11(17)9(7)15)12-20-19-5-2-1-4(18)3-21(5)12/h4H,1-3,18H2. The molecular formula is C12H9F5N4. The van der Waals surface area contributed by atoms with Crippen molar-refractivity contribution < 1.29 is 22.0 Å². The summed E-state index contributed by atoms with van der Waals surface area (Å²) in [5.41, 5.74) is 4.66. The third kappa shape index (κ3) is 1.99. The topological polar surface area (TPSA) is 56.7 Å². The van der Waals surface area contributed by atoms with Crippen molar-refractivity contribution >= 4 is 0 Å². The first-order chi connectivity index (χ1) is 9.91. The fraction of sp³-hybridized carbons (Fsp3) is 0.333. The lowest BCUT2D eigenvalue weighted by Crippen LogP contribution is -2.32. The lowest BCUT2D eigenvalue weighted by molar-refractivity contribution is 0.379. The van der Waals surface area contributed by atoms with Crippen LogP contribution in [-0.2, 0) is 13.0 Å². The van der Waals surface area contributed by atoms with E-state index in [1.165, 1.54) is 4.57 Å². The molecule has 1 aliphatic rings. The minimum absolute atomic E-state index is 0.150. The largest absolute Gasteiger partial charge is 0.326 e. The maximum atomic E-state index is 13.8. The second kappa shape index (κ2) is 4.76. The zero-order valence-corrected chi connectivity index (χ0v) is 10.5. The molecule has 0 aliphatic carbocycles. The molecule has 1 aromatic heterocycles. The van der Waals surface area contributed by atoms with Gasteiger partial charge in [0, 0.05) is 19.0 Å². The molecule has 4 nitrogen and oxygen atoms in total. The summed E-state index contributed by atoms with van der Waals surface area (Å²) >= 11 is 0. The molecular weight excluding hydrogens is 295 g/mol. The van der Waals surface area contributed by atoms with Crippen molar-refractivity contribution in [2.24, 2.45) is 5.73 Å². The molecule has 0 fully saturated rings. The quantitative estimate of drug-likeness (QED) is 0.497. The Bertz CT molecular complexity index is 698. The SMILES string of the molecule is NC1CCc2nnc(-c3c(F)c(F)c(F)c(F)c3F)n2C1. The summed E-state index contributed by atoms with van der Waals surface area (Å²) in [5, 5.41) is 7.27. The number of nitrogens with two attached hydrogens (primary N) is 1. The van der Waals surface area contributed by atoms with Gasteiger partial charge in [0.1, 0.15) is 5.82 Å². The minimum atomic E-state index is -2.20. The number of aryl methyl sites for hydroxylation is 1. The molecule has 0 radical (unpaired) electrons. The number of halogens is 5. The molecule has 1 unspecified atom stereocenters. The molecule has 9 heteroatoms. The van der Waals surface area contributed by atoms with E-state index in [0.29, 0.717) is 18.7 Å². The van der Waals surface area contributed by atoms with Gasteiger partial charge in [-0.2, -0.15) is 0 Å². The van der Waals surface area contributed by atoms with Crippen molar-refractivity contribution in [2.75, 3.05) is 0 Å². The average molecular weight is 304 g/mol. The van der Waals surface area contributed by atoms with E-state index in [0.717, 1.165) is 0 Å². The smallest absolute Gasteiger partial charge is 0.200 e. The van der Waals surface area contributed by atoms with Gasteiger partial charge in [0.15, 0.2) is 29.1 Å². The zero-order valence-electron chi connectivity index (χ0n) is 10.5. The van der Waals surface area contributed by atoms with Crippen LogP contribution < -0.4 is 5.73 Å². The average Bonchev–Trinajstić information content (AvgIpc) is 2.86. The molecule has 1 aromatic carbocycles. The van der Waals surface area contributed by atoms with Gasteiger partial charge < -0.3 is 10.3 Å². The maximum Gasteiger partial charge on any atom is 0.200 e. The summed E-state index contributed by atoms with van der Waals surface area (Å²) in [6, 6.07) is -0.298. The van der Waals surface area contributed by atoms with E-state index in [1.54, 1.807) is 0 Å². The second-order valence-corrected chi connectivity index (χ2v) is 4.79. The normalized spacial score (nSPS) is 17.9. The van der Waals surface area contributed by atoms with Crippen LogP contribution in [0.15, 0.2) is 0 Å². The molecule has 112 valence electrons. The molecule has 0 amide bonds. The summed E-state index contributed by atoms with van der Waals surface area (Å²) in [6.45, 7) is 0.150. The van der Waals surface area contributed by atoms with Crippen LogP contribution in [0.1, 0.15) is 12.2 Å². The summed E-state index contributed by atoms with van der Waals surface area (Å²) in [6.07, 6.45) is 1.03. The van der Waals surface area contributed by atoms with E-state index in [4.69, 9.17) is 5.73 Å². The summed E-state index contributed by atoms with van der Waals surface area (Å²) in [7, 11) is 0. The molecule has 0 saturated carbocycles. The van der Waals surface area contributed by atoms with Gasteiger partial charge in [0.25, 0.3) is 0 Å². The van der Waals surface area contributed by atoms with Crippen molar-refractivity contribution in [3.05, 3.63) is 34.9 Å². The Balaban J connectivity index is 2.25. The minimum Gasteiger partial charge on any atom is -0.326 e. The third-order valence-electron chi connectivity index (χ3n) is 3.42. The van der Waals surface area contributed by atoms with E-state index >= 15 is 0 Å². The van der Waals surface area contributed by atoms with E-state index < -0.39 is 40.5 Å². The summed E-state index contributed by atoms with van der Waals surface area (Å²) < 4.78 is 68.5. The number of benzene rings is 1. The number of rotatable bonds is 1. The van der Waals surface area contributed by atoms with E-state index in [-0.39, 0.29) is 12.6 Å². The number of aromatic nitrogens is 3. The Hall–Kier alpha value is -2.03. The Labute approximate surface area is 115 Å². The van der Waals surface area contributed by atoms with Crippen LogP contribution in [0, 0.1) is 29.1 Å². The first-order valence-corrected chi connectivity index (χ1v) is 6.11. The van der Waals surface area contributed by atoms with Crippen molar-refractivity contribution in [3.63, 3.8) is 0 Å². The molecule has 2 aromatic rings. The van der Waals surface area contributed by atoms with E-state index in [1.807, 2.05) is 0 Å². The van der Waals surface area contributed by atoms with Crippen molar-refractivity contribution in [3.8, 4) is 11.4 Å². The molecule has 3 rings (SSSR count). The molecule has 0 bridgehead atoms. The van der Waals surface area contributed by atoms with Gasteiger partial charge in [0.2, 0.25) is 5.82 Å². The summed E-state index contributed by atoms with van der Waals surface area (Å²) in [4.78, 5) is 0. The lowest BCUT2D eigenvalue weighted by Gasteiger charge is -2.21. The van der Waals surface area contributed by atoms with E-state index in [2.05, 4.69) is 10.2 Å². The first-order valence-electron chi connectivity index (χ1n) is 6.11. The second-order valence-electron chi connectivity index (χ2n) is 4.79. The van der Waals surface area contributed by atoms with Gasteiger partial charge in [0.05, 0.1) is 5.56 Å². The van der Waals surface area contributed by atoms with Gasteiger partial charge in [-0.05, 0) is 6.42 Å². The molecule has 0 saturated heterocycles. The predicted molar refractivity (Wildman–Crippen MR) is 61.5 cm³/mol. The van der Waals surface area contributed by atoms with Crippen LogP contribution in [0.3, 0.4) is 0 Å². The van der Waals surface area contributed by atoms with E-state index in [9.17, 15) is 22.0 Å². The Morgan fingerprint density at radius 3 is 2.10 bits per heavy atom. The first kappa shape index (κ1) is 13.9. The number of nitrogens with zero attached hydrogens (tertiary/aromatic N) is 3. The van der Waals surface area contributed by atoms with Gasteiger partial charge >= 0.3 is 0 Å². The van der Waals surface area contributed by atoms with Gasteiger partial charge in [-0.15, -0.1) is 10.2 Å². The van der Waals surface area contributed by atoms with Crippen LogP contribution in [0.25, 0.3) is 11.4 Å². The maximum absolute atomic E-state index is 13.8. The fourth-order valence-corrected chi connectivity index (χ4v) is 2.34. The molecule has 21 heavy (non-hydrogen) atoms. The van der Waals surface area contributed by atoms with Gasteiger partial charge in [-0.1, -0.05) is 0 Å². The monoisotopic (exact) mass is 304 g/mol. The lowest BCUT2D eigenvalue weighted by atomic mass is 10.1. The Kier molecular flexibility index (Phi) is 3.16. The van der Waals surface area contributed by atoms with Crippen LogP contribution in [0.5, 0.6) is 0 Å². The van der Waals surface area contributed by atoms with Crippen molar-refractivity contribution in [2.45, 2.75) is 25.4 Å². The highest BCUT2D eigenvalue weighted by atomic mass is 19.2. The number of hydrogen-bond donors (Lipinski definition) is 1. The zero-order chi connectivity index (χ0) is 15.3. The molecule has 1 aliphatic heterocycles. The van der Waals surface area contributed by atoms with Crippen LogP contribution in [0.4, 0.5) is 22.0 Å². The highest BCUT2D eigenvalue weighted by Gasteiger charge is 2.31. The highest BCUT2D eigenvalue weighted by Crippen LogP contribution is 2.31. The number of fused-ring (bicyclic) bond motifs is 1. The predicted octanol–water partition coefficient (Wildman–Crippen LogP) is 1.91. The van der Waals surface area contributed by atoms with Gasteiger partial charge in [-0.3, -0.25) is 0 Å². The Morgan fingerprint density at radius 1 is 0.905 bits per heavy atom. The van der Waals surface area contributed by atoms with Crippen LogP contribution in [0.2, 0.25) is 0 Å². The van der Waals surface area contributed by atoms with Gasteiger partial charge in [-0.25, -0.2) is 22.0 Å². The molecule has 0 spiro atoms. The summed E-state index contributed by atoms with van der Waals surface area (Å²) in [5.74, 6) is -10.1. The fourth-order valence-electron chi connectivity index (χ4n) is 2.34. The number of hydrogen-bond acceptors (Lipinski definition) is 3. The van der Waals surface area contributed by atoms with Crippen LogP contribution >= 0.6 is 0 Å². The highest BCUT2D eigenvalue weighted by molar-refractivity contribution is 5.58. The van der Waals surface area contributed by atoms with Crippen molar-refractivity contribution in [1.29, 1.82) is 0 Å². The van der Waals surface area contributed by atoms with Crippen LogP contribution in [-0.4, -0.2) is 20.8 Å². The molecule has 2 heterocycles. The Morgan fingerprint density at radius 2 is 1.48 bits per heavy atom. The molecule has 1 atom stereocenters.